The predicted molar refractivity (Wildman–Crippen MR) is 59.2 cm³/mol. The van der Waals surface area contributed by atoms with Gasteiger partial charge in [-0.05, 0) is 11.3 Å². The van der Waals surface area contributed by atoms with Crippen LogP contribution in [-0.2, 0) is 4.79 Å². The fourth-order valence-electron chi connectivity index (χ4n) is 1.53. The van der Waals surface area contributed by atoms with Crippen LogP contribution in [0.4, 0.5) is 0 Å². The van der Waals surface area contributed by atoms with Crippen LogP contribution < -0.4 is 0 Å². The number of carbonyl (C=O) groups is 1. The molecule has 2 unspecified atom stereocenters. The van der Waals surface area contributed by atoms with Crippen LogP contribution in [0.2, 0.25) is 0 Å². The van der Waals surface area contributed by atoms with E-state index in [1.807, 2.05) is 20.8 Å². The standard InChI is InChI=1S/C12H24O2/c1-6-7-9(2)8-10(13)11(14)12(3,4)5/h9,11,14H,6-8H2,1-5H3. The molecule has 0 fully saturated rings. The molecule has 2 atom stereocenters. The number of ketones is 1. The van der Waals surface area contributed by atoms with Gasteiger partial charge in [0, 0.05) is 6.42 Å². The first kappa shape index (κ1) is 13.6. The quantitative estimate of drug-likeness (QED) is 0.741. The molecule has 0 aliphatic carbocycles. The molecule has 0 aromatic rings. The SMILES string of the molecule is CCCC(C)CC(=O)C(O)C(C)(C)C. The Hall–Kier alpha value is -0.370. The van der Waals surface area contributed by atoms with Crippen molar-refractivity contribution in [1.82, 2.24) is 0 Å². The molecule has 0 aromatic heterocycles. The Labute approximate surface area is 87.7 Å². The molecule has 0 aromatic carbocycles. The Morgan fingerprint density at radius 2 is 1.86 bits per heavy atom. The molecule has 0 aliphatic rings. The van der Waals surface area contributed by atoms with E-state index in [0.29, 0.717) is 12.3 Å². The van der Waals surface area contributed by atoms with E-state index in [2.05, 4.69) is 13.8 Å². The summed E-state index contributed by atoms with van der Waals surface area (Å²) in [6, 6.07) is 0. The van der Waals surface area contributed by atoms with E-state index < -0.39 is 6.10 Å². The predicted octanol–water partition coefficient (Wildman–Crippen LogP) is 2.79. The first-order valence-corrected chi connectivity index (χ1v) is 5.49. The molecule has 84 valence electrons. The summed E-state index contributed by atoms with van der Waals surface area (Å²) in [5, 5.41) is 9.72. The van der Waals surface area contributed by atoms with Gasteiger partial charge in [0.25, 0.3) is 0 Å². The van der Waals surface area contributed by atoms with E-state index in [-0.39, 0.29) is 11.2 Å². The Bertz CT molecular complexity index is 179. The number of hydrogen-bond donors (Lipinski definition) is 1. The molecule has 0 saturated heterocycles. The maximum Gasteiger partial charge on any atom is 0.162 e. The van der Waals surface area contributed by atoms with E-state index in [1.165, 1.54) is 0 Å². The zero-order valence-electron chi connectivity index (χ0n) is 10.1. The van der Waals surface area contributed by atoms with Gasteiger partial charge in [0.2, 0.25) is 0 Å². The first-order valence-electron chi connectivity index (χ1n) is 5.49. The van der Waals surface area contributed by atoms with Crippen molar-refractivity contribution in [2.45, 2.75) is 60.0 Å². The molecule has 0 radical (unpaired) electrons. The molecule has 0 aliphatic heterocycles. The monoisotopic (exact) mass is 200 g/mol. The second kappa shape index (κ2) is 5.50. The van der Waals surface area contributed by atoms with Crippen molar-refractivity contribution < 1.29 is 9.90 Å². The first-order chi connectivity index (χ1) is 6.29. The van der Waals surface area contributed by atoms with Crippen LogP contribution >= 0.6 is 0 Å². The second-order valence-corrected chi connectivity index (χ2v) is 5.33. The molecule has 0 heterocycles. The summed E-state index contributed by atoms with van der Waals surface area (Å²) in [6.07, 6.45) is 1.84. The minimum absolute atomic E-state index is 0.0153. The highest BCUT2D eigenvalue weighted by atomic mass is 16.3. The summed E-state index contributed by atoms with van der Waals surface area (Å²) >= 11 is 0. The molecular formula is C12H24O2. The van der Waals surface area contributed by atoms with E-state index in [4.69, 9.17) is 0 Å². The number of aliphatic hydroxyl groups excluding tert-OH is 1. The van der Waals surface area contributed by atoms with Crippen LogP contribution in [-0.4, -0.2) is 17.0 Å². The van der Waals surface area contributed by atoms with Gasteiger partial charge in [-0.3, -0.25) is 4.79 Å². The van der Waals surface area contributed by atoms with Crippen molar-refractivity contribution in [2.75, 3.05) is 0 Å². The average molecular weight is 200 g/mol. The van der Waals surface area contributed by atoms with E-state index in [9.17, 15) is 9.90 Å². The fraction of sp³-hybridized carbons (Fsp3) is 0.917. The smallest absolute Gasteiger partial charge is 0.162 e. The van der Waals surface area contributed by atoms with Gasteiger partial charge in [0.1, 0.15) is 6.10 Å². The van der Waals surface area contributed by atoms with Crippen LogP contribution in [0.3, 0.4) is 0 Å². The van der Waals surface area contributed by atoms with Crippen molar-refractivity contribution in [3.8, 4) is 0 Å². The van der Waals surface area contributed by atoms with Crippen LogP contribution in [0.15, 0.2) is 0 Å². The lowest BCUT2D eigenvalue weighted by atomic mass is 9.83. The topological polar surface area (TPSA) is 37.3 Å². The van der Waals surface area contributed by atoms with Crippen LogP contribution in [0.25, 0.3) is 0 Å². The van der Waals surface area contributed by atoms with Gasteiger partial charge in [-0.25, -0.2) is 0 Å². The van der Waals surface area contributed by atoms with Gasteiger partial charge in [-0.2, -0.15) is 0 Å². The van der Waals surface area contributed by atoms with Gasteiger partial charge < -0.3 is 5.11 Å². The highest BCUT2D eigenvalue weighted by Crippen LogP contribution is 2.22. The summed E-state index contributed by atoms with van der Waals surface area (Å²) in [5.41, 5.74) is -0.330. The Morgan fingerprint density at radius 1 is 1.36 bits per heavy atom. The average Bonchev–Trinajstić information content (AvgIpc) is 2.01. The Morgan fingerprint density at radius 3 is 2.21 bits per heavy atom. The lowest BCUT2D eigenvalue weighted by molar-refractivity contribution is -0.133. The van der Waals surface area contributed by atoms with Gasteiger partial charge >= 0.3 is 0 Å². The van der Waals surface area contributed by atoms with Crippen molar-refractivity contribution in [2.24, 2.45) is 11.3 Å². The number of rotatable bonds is 5. The second-order valence-electron chi connectivity index (χ2n) is 5.33. The van der Waals surface area contributed by atoms with Crippen molar-refractivity contribution in [1.29, 1.82) is 0 Å². The summed E-state index contributed by atoms with van der Waals surface area (Å²) in [5.74, 6) is 0.378. The minimum Gasteiger partial charge on any atom is -0.385 e. The van der Waals surface area contributed by atoms with Crippen molar-refractivity contribution >= 4 is 5.78 Å². The van der Waals surface area contributed by atoms with Crippen LogP contribution in [0, 0.1) is 11.3 Å². The van der Waals surface area contributed by atoms with Crippen LogP contribution in [0.5, 0.6) is 0 Å². The molecule has 0 spiro atoms. The molecule has 2 heteroatoms. The molecule has 2 nitrogen and oxygen atoms in total. The van der Waals surface area contributed by atoms with E-state index in [1.54, 1.807) is 0 Å². The third-order valence-corrected chi connectivity index (χ3v) is 2.46. The normalized spacial score (nSPS) is 16.4. The van der Waals surface area contributed by atoms with Gasteiger partial charge in [-0.1, -0.05) is 47.5 Å². The Kier molecular flexibility index (Phi) is 5.35. The molecule has 1 N–H and O–H groups in total. The summed E-state index contributed by atoms with van der Waals surface area (Å²) in [4.78, 5) is 11.6. The maximum absolute atomic E-state index is 11.6. The van der Waals surface area contributed by atoms with Gasteiger partial charge in [-0.15, -0.1) is 0 Å². The molecule has 0 rings (SSSR count). The van der Waals surface area contributed by atoms with Gasteiger partial charge in [0.15, 0.2) is 5.78 Å². The molecule has 0 saturated carbocycles. The van der Waals surface area contributed by atoms with Crippen molar-refractivity contribution in [3.05, 3.63) is 0 Å². The lowest BCUT2D eigenvalue weighted by Crippen LogP contribution is -2.34. The zero-order valence-corrected chi connectivity index (χ0v) is 10.1. The molecular weight excluding hydrogens is 176 g/mol. The van der Waals surface area contributed by atoms with Gasteiger partial charge in [0.05, 0.1) is 0 Å². The number of aliphatic hydroxyl groups is 1. The number of hydrogen-bond acceptors (Lipinski definition) is 2. The summed E-state index contributed by atoms with van der Waals surface area (Å²) in [6.45, 7) is 9.85. The highest BCUT2D eigenvalue weighted by Gasteiger charge is 2.29. The third-order valence-electron chi connectivity index (χ3n) is 2.46. The van der Waals surface area contributed by atoms with Crippen molar-refractivity contribution in [3.63, 3.8) is 0 Å². The highest BCUT2D eigenvalue weighted by molar-refractivity contribution is 5.83. The maximum atomic E-state index is 11.6. The summed E-state index contributed by atoms with van der Waals surface area (Å²) in [7, 11) is 0. The molecule has 14 heavy (non-hydrogen) atoms. The largest absolute Gasteiger partial charge is 0.385 e. The zero-order chi connectivity index (χ0) is 11.4. The number of carbonyl (C=O) groups excluding carboxylic acids is 1. The van der Waals surface area contributed by atoms with E-state index in [0.717, 1.165) is 12.8 Å². The molecule has 0 amide bonds. The third kappa shape index (κ3) is 4.75. The fourth-order valence-corrected chi connectivity index (χ4v) is 1.53. The van der Waals surface area contributed by atoms with E-state index >= 15 is 0 Å². The summed E-state index contributed by atoms with van der Waals surface area (Å²) < 4.78 is 0. The Balaban J connectivity index is 4.08. The molecule has 0 bridgehead atoms. The van der Waals surface area contributed by atoms with Crippen LogP contribution in [0.1, 0.15) is 53.9 Å². The number of Topliss-reactive ketones (excluding diaryl/α,β-unsaturated/α-hetero) is 1. The lowest BCUT2D eigenvalue weighted by Gasteiger charge is -2.25. The minimum atomic E-state index is -0.818.